The zero-order valence-corrected chi connectivity index (χ0v) is 16.6. The van der Waals surface area contributed by atoms with Crippen molar-refractivity contribution in [3.05, 3.63) is 36.9 Å². The maximum absolute atomic E-state index is 12.6. The third kappa shape index (κ3) is 4.08. The van der Waals surface area contributed by atoms with Gasteiger partial charge in [-0.3, -0.25) is 4.79 Å². The van der Waals surface area contributed by atoms with Crippen LogP contribution >= 0.6 is 0 Å². The highest BCUT2D eigenvalue weighted by atomic mass is 16.5. The molecule has 1 fully saturated rings. The Kier molecular flexibility index (Phi) is 5.46. The van der Waals surface area contributed by atoms with Gasteiger partial charge in [0.2, 0.25) is 5.91 Å². The van der Waals surface area contributed by atoms with Gasteiger partial charge in [0, 0.05) is 26.2 Å². The Morgan fingerprint density at radius 2 is 2.07 bits per heavy atom. The Morgan fingerprint density at radius 3 is 2.86 bits per heavy atom. The van der Waals surface area contributed by atoms with E-state index >= 15 is 0 Å². The van der Waals surface area contributed by atoms with Crippen LogP contribution in [0.4, 0.5) is 11.5 Å². The first kappa shape index (κ1) is 19.0. The lowest BCUT2D eigenvalue weighted by Crippen LogP contribution is -2.47. The number of benzene rings is 1. The third-order valence-electron chi connectivity index (χ3n) is 5.23. The Balaban J connectivity index is 1.31. The molecule has 3 heterocycles. The topological polar surface area (TPSA) is 99.3 Å². The number of aromatic amines is 1. The minimum Gasteiger partial charge on any atom is -0.495 e. The summed E-state index contributed by atoms with van der Waals surface area (Å²) in [4.78, 5) is 32.2. The minimum absolute atomic E-state index is 0.0190. The zero-order valence-electron chi connectivity index (χ0n) is 16.6. The first-order valence-electron chi connectivity index (χ1n) is 9.68. The number of aromatic nitrogens is 4. The molecule has 3 aromatic rings. The van der Waals surface area contributed by atoms with Crippen molar-refractivity contribution in [1.29, 1.82) is 0 Å². The number of hydrogen-bond acceptors (Lipinski definition) is 7. The summed E-state index contributed by atoms with van der Waals surface area (Å²) in [6.07, 6.45) is 4.82. The number of hydrogen-bond donors (Lipinski definition) is 2. The second kappa shape index (κ2) is 8.34. The molecule has 1 aliphatic heterocycles. The first-order chi connectivity index (χ1) is 14.2. The van der Waals surface area contributed by atoms with Crippen molar-refractivity contribution in [3.63, 3.8) is 0 Å². The van der Waals surface area contributed by atoms with Crippen LogP contribution < -0.4 is 19.9 Å². The maximum Gasteiger partial charge on any atom is 0.239 e. The summed E-state index contributed by atoms with van der Waals surface area (Å²) in [5.74, 6) is 1.52. The molecule has 1 saturated heterocycles. The lowest BCUT2D eigenvalue weighted by atomic mass is 10.0. The quantitative estimate of drug-likeness (QED) is 0.654. The number of methoxy groups -OCH3 is 1. The van der Waals surface area contributed by atoms with Gasteiger partial charge in [0.1, 0.15) is 17.6 Å². The van der Waals surface area contributed by atoms with Gasteiger partial charge in [0.15, 0.2) is 11.5 Å². The number of rotatable bonds is 6. The largest absolute Gasteiger partial charge is 0.495 e. The molecule has 9 heteroatoms. The standard InChI is InChI=1S/C20H25N7O2/c1-26(20-18-19(22-12-21-18)23-13-24-20)11-17(28)25-14-7-9-27(10-8-14)15-5-3-4-6-16(15)29-2/h3-6,12-14H,7-11H2,1-2H3,(H,25,28)(H,21,22,23,24). The van der Waals surface area contributed by atoms with Crippen molar-refractivity contribution in [2.75, 3.05) is 43.6 Å². The summed E-state index contributed by atoms with van der Waals surface area (Å²) in [7, 11) is 3.53. The van der Waals surface area contributed by atoms with Gasteiger partial charge in [-0.2, -0.15) is 0 Å². The number of likely N-dealkylation sites (N-methyl/N-ethyl adjacent to an activating group) is 1. The van der Waals surface area contributed by atoms with Crippen molar-refractivity contribution in [2.24, 2.45) is 0 Å². The number of amides is 1. The van der Waals surface area contributed by atoms with Crippen LogP contribution in [0.3, 0.4) is 0 Å². The number of imidazole rings is 1. The maximum atomic E-state index is 12.6. The van der Waals surface area contributed by atoms with Gasteiger partial charge >= 0.3 is 0 Å². The number of fused-ring (bicyclic) bond motifs is 1. The summed E-state index contributed by atoms with van der Waals surface area (Å²) >= 11 is 0. The van der Waals surface area contributed by atoms with E-state index in [1.54, 1.807) is 13.4 Å². The molecule has 0 aliphatic carbocycles. The highest BCUT2D eigenvalue weighted by molar-refractivity contribution is 5.87. The molecule has 0 spiro atoms. The van der Waals surface area contributed by atoms with Crippen LogP contribution in [0.2, 0.25) is 0 Å². The molecule has 9 nitrogen and oxygen atoms in total. The van der Waals surface area contributed by atoms with Crippen molar-refractivity contribution < 1.29 is 9.53 Å². The van der Waals surface area contributed by atoms with Crippen LogP contribution in [0.15, 0.2) is 36.9 Å². The van der Waals surface area contributed by atoms with Crippen molar-refractivity contribution >= 4 is 28.6 Å². The number of para-hydroxylation sites is 2. The fraction of sp³-hybridized carbons (Fsp3) is 0.400. The van der Waals surface area contributed by atoms with E-state index < -0.39 is 0 Å². The van der Waals surface area contributed by atoms with E-state index in [1.165, 1.54) is 6.33 Å². The fourth-order valence-electron chi connectivity index (χ4n) is 3.76. The number of ether oxygens (including phenoxy) is 1. The Bertz CT molecular complexity index is 982. The van der Waals surface area contributed by atoms with Gasteiger partial charge in [-0.15, -0.1) is 0 Å². The number of carbonyl (C=O) groups is 1. The Hall–Kier alpha value is -3.36. The van der Waals surface area contributed by atoms with Gasteiger partial charge in [-0.05, 0) is 25.0 Å². The van der Waals surface area contributed by atoms with Crippen LogP contribution in [0.1, 0.15) is 12.8 Å². The molecule has 0 saturated carbocycles. The summed E-state index contributed by atoms with van der Waals surface area (Å²) < 4.78 is 5.47. The molecule has 152 valence electrons. The average Bonchev–Trinajstić information content (AvgIpc) is 3.23. The monoisotopic (exact) mass is 395 g/mol. The van der Waals surface area contributed by atoms with E-state index in [0.29, 0.717) is 11.5 Å². The molecule has 1 aromatic carbocycles. The molecular formula is C20H25N7O2. The SMILES string of the molecule is COc1ccccc1N1CCC(NC(=O)CN(C)c2ncnc3nc[nH]c23)CC1. The molecule has 0 bridgehead atoms. The van der Waals surface area contributed by atoms with Gasteiger partial charge in [-0.25, -0.2) is 15.0 Å². The number of anilines is 2. The molecule has 2 aromatic heterocycles. The van der Waals surface area contributed by atoms with E-state index in [9.17, 15) is 4.79 Å². The zero-order chi connectivity index (χ0) is 20.2. The van der Waals surface area contributed by atoms with Crippen LogP contribution in [0, 0.1) is 0 Å². The summed E-state index contributed by atoms with van der Waals surface area (Å²) in [5, 5.41) is 3.15. The summed E-state index contributed by atoms with van der Waals surface area (Å²) in [6, 6.07) is 8.21. The van der Waals surface area contributed by atoms with E-state index in [-0.39, 0.29) is 18.5 Å². The van der Waals surface area contributed by atoms with E-state index in [1.807, 2.05) is 30.1 Å². The van der Waals surface area contributed by atoms with Crippen LogP contribution in [0.25, 0.3) is 11.2 Å². The number of H-pyrrole nitrogens is 1. The number of piperidine rings is 1. The van der Waals surface area contributed by atoms with Crippen molar-refractivity contribution in [3.8, 4) is 5.75 Å². The Morgan fingerprint density at radius 1 is 1.28 bits per heavy atom. The molecule has 29 heavy (non-hydrogen) atoms. The molecular weight excluding hydrogens is 370 g/mol. The number of nitrogens with one attached hydrogen (secondary N) is 2. The van der Waals surface area contributed by atoms with Crippen molar-refractivity contribution in [2.45, 2.75) is 18.9 Å². The van der Waals surface area contributed by atoms with Crippen LogP contribution in [0.5, 0.6) is 5.75 Å². The molecule has 4 rings (SSSR count). The van der Waals surface area contributed by atoms with E-state index in [4.69, 9.17) is 4.74 Å². The fourth-order valence-corrected chi connectivity index (χ4v) is 3.76. The summed E-state index contributed by atoms with van der Waals surface area (Å²) in [6.45, 7) is 1.97. The van der Waals surface area contributed by atoms with Crippen LogP contribution in [-0.2, 0) is 4.79 Å². The normalized spacial score (nSPS) is 14.8. The predicted molar refractivity (Wildman–Crippen MR) is 111 cm³/mol. The minimum atomic E-state index is -0.0190. The highest BCUT2D eigenvalue weighted by Gasteiger charge is 2.23. The lowest BCUT2D eigenvalue weighted by molar-refractivity contribution is -0.120. The predicted octanol–water partition coefficient (Wildman–Crippen LogP) is 1.58. The Labute approximate surface area is 169 Å². The smallest absolute Gasteiger partial charge is 0.239 e. The van der Waals surface area contributed by atoms with Crippen LogP contribution in [-0.4, -0.2) is 65.7 Å². The third-order valence-corrected chi connectivity index (χ3v) is 5.23. The number of carbonyl (C=O) groups excluding carboxylic acids is 1. The number of nitrogens with zero attached hydrogens (tertiary/aromatic N) is 5. The average molecular weight is 395 g/mol. The second-order valence-electron chi connectivity index (χ2n) is 7.16. The highest BCUT2D eigenvalue weighted by Crippen LogP contribution is 2.29. The van der Waals surface area contributed by atoms with Crippen molar-refractivity contribution in [1.82, 2.24) is 25.3 Å². The van der Waals surface area contributed by atoms with Gasteiger partial charge in [0.05, 0.1) is 25.7 Å². The second-order valence-corrected chi connectivity index (χ2v) is 7.16. The van der Waals surface area contributed by atoms with Gasteiger partial charge in [-0.1, -0.05) is 12.1 Å². The van der Waals surface area contributed by atoms with Gasteiger partial charge < -0.3 is 24.8 Å². The molecule has 0 atom stereocenters. The van der Waals surface area contributed by atoms with Gasteiger partial charge in [0.25, 0.3) is 0 Å². The molecule has 0 radical (unpaired) electrons. The lowest BCUT2D eigenvalue weighted by Gasteiger charge is -2.34. The molecule has 1 aliphatic rings. The van der Waals surface area contributed by atoms with E-state index in [2.05, 4.69) is 36.2 Å². The first-order valence-corrected chi connectivity index (χ1v) is 9.68. The molecule has 2 N–H and O–H groups in total. The molecule has 0 unspecified atom stereocenters. The summed E-state index contributed by atoms with van der Waals surface area (Å²) in [5.41, 5.74) is 2.42. The molecule has 1 amide bonds. The van der Waals surface area contributed by atoms with E-state index in [0.717, 1.165) is 42.9 Å².